The van der Waals surface area contributed by atoms with Crippen LogP contribution in [-0.2, 0) is 6.54 Å². The van der Waals surface area contributed by atoms with Crippen molar-refractivity contribution in [1.82, 2.24) is 15.1 Å². The zero-order valence-electron chi connectivity index (χ0n) is 9.97. The Labute approximate surface area is 101 Å². The van der Waals surface area contributed by atoms with E-state index in [4.69, 9.17) is 0 Å². The van der Waals surface area contributed by atoms with E-state index in [0.29, 0.717) is 19.0 Å². The normalized spacial score (nSPS) is 14.9. The molecule has 0 spiro atoms. The Morgan fingerprint density at radius 3 is 2.94 bits per heavy atom. The Balaban J connectivity index is 2.08. The number of thioether (sulfide) groups is 1. The number of hydrogen-bond donors (Lipinski definition) is 2. The number of hydrogen-bond acceptors (Lipinski definition) is 4. The molecule has 2 N–H and O–H groups in total. The summed E-state index contributed by atoms with van der Waals surface area (Å²) in [6, 6.07) is 1.86. The fourth-order valence-corrected chi connectivity index (χ4v) is 2.22. The average molecular weight is 243 g/mol. The van der Waals surface area contributed by atoms with Crippen molar-refractivity contribution in [3.8, 4) is 0 Å². The number of nitrogens with zero attached hydrogens (tertiary/aromatic N) is 2. The van der Waals surface area contributed by atoms with Gasteiger partial charge in [0.05, 0.1) is 12.6 Å². The highest BCUT2D eigenvalue weighted by molar-refractivity contribution is 7.98. The second kappa shape index (κ2) is 7.70. The van der Waals surface area contributed by atoms with Gasteiger partial charge in [-0.1, -0.05) is 6.92 Å². The molecule has 0 aliphatic heterocycles. The van der Waals surface area contributed by atoms with Crippen molar-refractivity contribution < 1.29 is 5.11 Å². The van der Waals surface area contributed by atoms with Crippen LogP contribution in [0.25, 0.3) is 0 Å². The van der Waals surface area contributed by atoms with E-state index in [2.05, 4.69) is 23.6 Å². The molecule has 1 heterocycles. The average Bonchev–Trinajstić information content (AvgIpc) is 2.70. The fourth-order valence-electron chi connectivity index (χ4n) is 1.53. The summed E-state index contributed by atoms with van der Waals surface area (Å²) in [4.78, 5) is 0. The largest absolute Gasteiger partial charge is 0.390 e. The summed E-state index contributed by atoms with van der Waals surface area (Å²) in [5, 5.41) is 17.1. The lowest BCUT2D eigenvalue weighted by Gasteiger charge is -2.14. The van der Waals surface area contributed by atoms with E-state index >= 15 is 0 Å². The second-order valence-electron chi connectivity index (χ2n) is 4.10. The molecular formula is C11H21N3OS. The SMILES string of the molecule is CSCC(C)CNCC(O)Cn1cccn1. The third-order valence-corrected chi connectivity index (χ3v) is 3.18. The zero-order chi connectivity index (χ0) is 11.8. The summed E-state index contributed by atoms with van der Waals surface area (Å²) in [5.74, 6) is 1.80. The number of aromatic nitrogens is 2. The van der Waals surface area contributed by atoms with Crippen LogP contribution in [0.2, 0.25) is 0 Å². The second-order valence-corrected chi connectivity index (χ2v) is 5.01. The molecule has 0 bridgehead atoms. The van der Waals surface area contributed by atoms with Gasteiger partial charge in [-0.25, -0.2) is 0 Å². The number of aliphatic hydroxyl groups excluding tert-OH is 1. The molecule has 5 heteroatoms. The quantitative estimate of drug-likeness (QED) is 0.710. The van der Waals surface area contributed by atoms with Crippen LogP contribution in [0, 0.1) is 5.92 Å². The van der Waals surface area contributed by atoms with Crippen molar-refractivity contribution in [1.29, 1.82) is 0 Å². The predicted molar refractivity (Wildman–Crippen MR) is 68.6 cm³/mol. The van der Waals surface area contributed by atoms with Gasteiger partial charge < -0.3 is 10.4 Å². The lowest BCUT2D eigenvalue weighted by molar-refractivity contribution is 0.146. The van der Waals surface area contributed by atoms with Crippen molar-refractivity contribution in [2.45, 2.75) is 19.6 Å². The van der Waals surface area contributed by atoms with E-state index in [1.54, 1.807) is 10.9 Å². The van der Waals surface area contributed by atoms with Crippen LogP contribution in [0.15, 0.2) is 18.5 Å². The van der Waals surface area contributed by atoms with E-state index in [1.807, 2.05) is 24.0 Å². The monoisotopic (exact) mass is 243 g/mol. The molecule has 4 nitrogen and oxygen atoms in total. The van der Waals surface area contributed by atoms with Gasteiger partial charge in [-0.15, -0.1) is 0 Å². The number of aliphatic hydroxyl groups is 1. The maximum absolute atomic E-state index is 9.74. The van der Waals surface area contributed by atoms with Gasteiger partial charge in [-0.3, -0.25) is 4.68 Å². The third kappa shape index (κ3) is 5.53. The molecule has 0 fully saturated rings. The molecule has 1 aromatic heterocycles. The highest BCUT2D eigenvalue weighted by atomic mass is 32.2. The first kappa shape index (κ1) is 13.5. The Hall–Kier alpha value is -0.520. The standard InChI is InChI=1S/C11H21N3OS/c1-10(9-16-2)6-12-7-11(15)8-14-5-3-4-13-14/h3-5,10-12,15H,6-9H2,1-2H3. The summed E-state index contributed by atoms with van der Waals surface area (Å²) in [5.41, 5.74) is 0. The number of rotatable bonds is 8. The van der Waals surface area contributed by atoms with Gasteiger partial charge in [0.2, 0.25) is 0 Å². The van der Waals surface area contributed by atoms with E-state index in [9.17, 15) is 5.11 Å². The van der Waals surface area contributed by atoms with Crippen LogP contribution < -0.4 is 5.32 Å². The molecule has 0 saturated carbocycles. The topological polar surface area (TPSA) is 50.1 Å². The molecule has 0 saturated heterocycles. The smallest absolute Gasteiger partial charge is 0.0860 e. The minimum atomic E-state index is -0.374. The van der Waals surface area contributed by atoms with Crippen molar-refractivity contribution >= 4 is 11.8 Å². The van der Waals surface area contributed by atoms with Crippen LogP contribution in [0.5, 0.6) is 0 Å². The molecule has 1 rings (SSSR count). The molecule has 1 aromatic rings. The van der Waals surface area contributed by atoms with Crippen LogP contribution in [0.1, 0.15) is 6.92 Å². The first-order valence-corrected chi connectivity index (χ1v) is 6.97. The molecule has 92 valence electrons. The van der Waals surface area contributed by atoms with Gasteiger partial charge >= 0.3 is 0 Å². The summed E-state index contributed by atoms with van der Waals surface area (Å²) in [7, 11) is 0. The van der Waals surface area contributed by atoms with Gasteiger partial charge in [0, 0.05) is 18.9 Å². The first-order chi connectivity index (χ1) is 7.72. The Kier molecular flexibility index (Phi) is 6.52. The van der Waals surface area contributed by atoms with E-state index in [0.717, 1.165) is 12.3 Å². The van der Waals surface area contributed by atoms with Gasteiger partial charge in [0.1, 0.15) is 0 Å². The summed E-state index contributed by atoms with van der Waals surface area (Å²) in [6.07, 6.45) is 5.32. The molecule has 2 unspecified atom stereocenters. The molecule has 0 aromatic carbocycles. The van der Waals surface area contributed by atoms with Gasteiger partial charge in [0.25, 0.3) is 0 Å². The molecule has 0 aliphatic rings. The predicted octanol–water partition coefficient (Wildman–Crippen LogP) is 0.833. The summed E-state index contributed by atoms with van der Waals surface area (Å²) in [6.45, 7) is 4.34. The first-order valence-electron chi connectivity index (χ1n) is 5.57. The van der Waals surface area contributed by atoms with Crippen LogP contribution in [0.4, 0.5) is 0 Å². The molecule has 16 heavy (non-hydrogen) atoms. The van der Waals surface area contributed by atoms with E-state index in [-0.39, 0.29) is 6.10 Å². The highest BCUT2D eigenvalue weighted by Crippen LogP contribution is 2.02. The number of nitrogens with one attached hydrogen (secondary N) is 1. The lowest BCUT2D eigenvalue weighted by Crippen LogP contribution is -2.33. The minimum absolute atomic E-state index is 0.374. The molecule has 0 aliphatic carbocycles. The maximum atomic E-state index is 9.74. The molecule has 0 amide bonds. The summed E-state index contributed by atoms with van der Waals surface area (Å²) >= 11 is 1.86. The minimum Gasteiger partial charge on any atom is -0.390 e. The van der Waals surface area contributed by atoms with E-state index < -0.39 is 0 Å². The molecular weight excluding hydrogens is 222 g/mol. The third-order valence-electron chi connectivity index (χ3n) is 2.28. The Morgan fingerprint density at radius 1 is 1.50 bits per heavy atom. The van der Waals surface area contributed by atoms with Crippen LogP contribution in [-0.4, -0.2) is 46.1 Å². The van der Waals surface area contributed by atoms with Crippen molar-refractivity contribution in [3.63, 3.8) is 0 Å². The lowest BCUT2D eigenvalue weighted by atomic mass is 10.2. The van der Waals surface area contributed by atoms with Gasteiger partial charge in [0.15, 0.2) is 0 Å². The van der Waals surface area contributed by atoms with Gasteiger partial charge in [-0.05, 0) is 30.5 Å². The fraction of sp³-hybridized carbons (Fsp3) is 0.727. The highest BCUT2D eigenvalue weighted by Gasteiger charge is 2.06. The van der Waals surface area contributed by atoms with Gasteiger partial charge in [-0.2, -0.15) is 16.9 Å². The Bertz CT molecular complexity index is 266. The molecule has 2 atom stereocenters. The molecule has 0 radical (unpaired) electrons. The van der Waals surface area contributed by atoms with Crippen molar-refractivity contribution in [2.24, 2.45) is 5.92 Å². The Morgan fingerprint density at radius 2 is 2.31 bits per heavy atom. The van der Waals surface area contributed by atoms with E-state index in [1.165, 1.54) is 0 Å². The van der Waals surface area contributed by atoms with Crippen molar-refractivity contribution in [2.75, 3.05) is 25.1 Å². The van der Waals surface area contributed by atoms with Crippen LogP contribution >= 0.6 is 11.8 Å². The van der Waals surface area contributed by atoms with Crippen LogP contribution in [0.3, 0.4) is 0 Å². The zero-order valence-corrected chi connectivity index (χ0v) is 10.8. The summed E-state index contributed by atoms with van der Waals surface area (Å²) < 4.78 is 1.75. The van der Waals surface area contributed by atoms with Crippen molar-refractivity contribution in [3.05, 3.63) is 18.5 Å². The maximum Gasteiger partial charge on any atom is 0.0860 e.